The number of carbonyl (C=O) groups excluding carboxylic acids is 1. The molecule has 0 aliphatic carbocycles. The molecule has 3 N–H and O–H groups in total. The van der Waals surface area contributed by atoms with Gasteiger partial charge in [0.15, 0.2) is 5.69 Å². The Morgan fingerprint density at radius 3 is 2.65 bits per heavy atom. The molecule has 6 nitrogen and oxygen atoms in total. The third-order valence-corrected chi connectivity index (χ3v) is 3.42. The lowest BCUT2D eigenvalue weighted by Gasteiger charge is -2.07. The highest BCUT2D eigenvalue weighted by atomic mass is 35.5. The van der Waals surface area contributed by atoms with Crippen LogP contribution in [0.15, 0.2) is 18.3 Å². The first-order valence-electron chi connectivity index (χ1n) is 5.57. The van der Waals surface area contributed by atoms with E-state index < -0.39 is 5.91 Å². The van der Waals surface area contributed by atoms with Gasteiger partial charge in [-0.15, -0.1) is 5.10 Å². The van der Waals surface area contributed by atoms with E-state index in [2.05, 4.69) is 15.6 Å². The van der Waals surface area contributed by atoms with Crippen molar-refractivity contribution in [2.45, 2.75) is 6.54 Å². The summed E-state index contributed by atoms with van der Waals surface area (Å²) in [5, 5.41) is 11.0. The van der Waals surface area contributed by atoms with E-state index in [1.165, 1.54) is 23.0 Å². The van der Waals surface area contributed by atoms with Gasteiger partial charge < -0.3 is 11.1 Å². The number of anilines is 1. The lowest BCUT2D eigenvalue weighted by Crippen LogP contribution is -2.13. The molecule has 0 saturated carbocycles. The quantitative estimate of drug-likeness (QED) is 0.841. The van der Waals surface area contributed by atoms with Gasteiger partial charge in [-0.2, -0.15) is 0 Å². The van der Waals surface area contributed by atoms with Gasteiger partial charge in [-0.1, -0.05) is 40.0 Å². The number of hydrogen-bond donors (Lipinski definition) is 2. The van der Waals surface area contributed by atoms with E-state index in [9.17, 15) is 4.79 Å². The van der Waals surface area contributed by atoms with Crippen LogP contribution in [-0.2, 0) is 6.54 Å². The Balaban J connectivity index is 2.16. The second-order valence-electron chi connectivity index (χ2n) is 3.86. The van der Waals surface area contributed by atoms with Crippen LogP contribution in [0.3, 0.4) is 0 Å². The third-order valence-electron chi connectivity index (χ3n) is 2.39. The molecule has 0 aliphatic heterocycles. The van der Waals surface area contributed by atoms with Crippen LogP contribution in [0.5, 0.6) is 0 Å². The summed E-state index contributed by atoms with van der Waals surface area (Å²) < 4.78 is 1.48. The Bertz CT molecular complexity index is 643. The molecule has 0 aliphatic rings. The maximum atomic E-state index is 12.0. The predicted molar refractivity (Wildman–Crippen MR) is 78.5 cm³/mol. The molecule has 1 aromatic carbocycles. The molecular formula is C11H10Cl3N5O. The van der Waals surface area contributed by atoms with Crippen LogP contribution in [0.25, 0.3) is 0 Å². The van der Waals surface area contributed by atoms with Gasteiger partial charge in [-0.25, -0.2) is 0 Å². The molecule has 0 unspecified atom stereocenters. The number of amides is 1. The lowest BCUT2D eigenvalue weighted by atomic mass is 10.3. The summed E-state index contributed by atoms with van der Waals surface area (Å²) in [5.74, 6) is -0.450. The SMILES string of the molecule is NCCn1cc(C(=O)Nc2cc(Cl)c(Cl)cc2Cl)nn1. The maximum Gasteiger partial charge on any atom is 0.277 e. The van der Waals surface area contributed by atoms with E-state index in [0.717, 1.165) is 0 Å². The van der Waals surface area contributed by atoms with Gasteiger partial charge in [0.05, 0.1) is 33.5 Å². The van der Waals surface area contributed by atoms with Crippen LogP contribution in [0.2, 0.25) is 15.1 Å². The molecule has 1 aromatic heterocycles. The molecular weight excluding hydrogens is 325 g/mol. The molecule has 0 saturated heterocycles. The maximum absolute atomic E-state index is 12.0. The minimum atomic E-state index is -0.450. The van der Waals surface area contributed by atoms with Crippen LogP contribution in [-0.4, -0.2) is 27.4 Å². The minimum absolute atomic E-state index is 0.153. The summed E-state index contributed by atoms with van der Waals surface area (Å²) in [7, 11) is 0. The summed E-state index contributed by atoms with van der Waals surface area (Å²) in [6.07, 6.45) is 1.49. The Kier molecular flexibility index (Phi) is 4.82. The van der Waals surface area contributed by atoms with Crippen molar-refractivity contribution in [1.29, 1.82) is 0 Å². The summed E-state index contributed by atoms with van der Waals surface area (Å²) in [5.41, 5.74) is 5.89. The molecule has 2 rings (SSSR count). The molecule has 0 fully saturated rings. The Morgan fingerprint density at radius 2 is 1.95 bits per heavy atom. The van der Waals surface area contributed by atoms with Gasteiger partial charge in [-0.05, 0) is 12.1 Å². The number of nitrogens with two attached hydrogens (primary N) is 1. The summed E-state index contributed by atoms with van der Waals surface area (Å²) in [6, 6.07) is 2.92. The lowest BCUT2D eigenvalue weighted by molar-refractivity contribution is 0.102. The summed E-state index contributed by atoms with van der Waals surface area (Å²) in [6.45, 7) is 0.886. The smallest absolute Gasteiger partial charge is 0.277 e. The second kappa shape index (κ2) is 6.41. The average molecular weight is 335 g/mol. The van der Waals surface area contributed by atoms with Gasteiger partial charge in [0.1, 0.15) is 0 Å². The second-order valence-corrected chi connectivity index (χ2v) is 5.08. The topological polar surface area (TPSA) is 85.8 Å². The van der Waals surface area contributed by atoms with Crippen molar-refractivity contribution >= 4 is 46.4 Å². The number of nitrogens with zero attached hydrogens (tertiary/aromatic N) is 3. The molecule has 0 spiro atoms. The van der Waals surface area contributed by atoms with Crippen molar-refractivity contribution < 1.29 is 4.79 Å². The zero-order valence-electron chi connectivity index (χ0n) is 10.1. The van der Waals surface area contributed by atoms with Crippen molar-refractivity contribution in [1.82, 2.24) is 15.0 Å². The highest BCUT2D eigenvalue weighted by Gasteiger charge is 2.14. The first kappa shape index (κ1) is 15.1. The van der Waals surface area contributed by atoms with Crippen molar-refractivity contribution in [2.75, 3.05) is 11.9 Å². The van der Waals surface area contributed by atoms with Gasteiger partial charge >= 0.3 is 0 Å². The van der Waals surface area contributed by atoms with Crippen molar-refractivity contribution in [2.24, 2.45) is 5.73 Å². The molecule has 106 valence electrons. The number of nitrogens with one attached hydrogen (secondary N) is 1. The number of hydrogen-bond acceptors (Lipinski definition) is 4. The largest absolute Gasteiger partial charge is 0.329 e. The summed E-state index contributed by atoms with van der Waals surface area (Å²) in [4.78, 5) is 12.0. The Hall–Kier alpha value is -1.34. The molecule has 1 heterocycles. The Morgan fingerprint density at radius 1 is 1.25 bits per heavy atom. The predicted octanol–water partition coefficient (Wildman–Crippen LogP) is 2.45. The van der Waals surface area contributed by atoms with E-state index in [0.29, 0.717) is 23.8 Å². The number of aromatic nitrogens is 3. The molecule has 2 aromatic rings. The standard InChI is InChI=1S/C11H10Cl3N5O/c12-6-3-8(14)9(4-7(6)13)16-11(20)10-5-19(2-1-15)18-17-10/h3-5H,1-2,15H2,(H,16,20). The van der Waals surface area contributed by atoms with E-state index in [-0.39, 0.29) is 15.7 Å². The molecule has 9 heteroatoms. The van der Waals surface area contributed by atoms with E-state index in [1.54, 1.807) is 0 Å². The highest BCUT2D eigenvalue weighted by molar-refractivity contribution is 6.44. The number of carbonyl (C=O) groups is 1. The van der Waals surface area contributed by atoms with E-state index >= 15 is 0 Å². The molecule has 0 radical (unpaired) electrons. The number of halogens is 3. The van der Waals surface area contributed by atoms with Crippen molar-refractivity contribution in [3.05, 3.63) is 39.1 Å². The van der Waals surface area contributed by atoms with Crippen LogP contribution in [0, 0.1) is 0 Å². The number of benzene rings is 1. The van der Waals surface area contributed by atoms with Gasteiger partial charge in [-0.3, -0.25) is 9.48 Å². The average Bonchev–Trinajstić information content (AvgIpc) is 2.85. The third kappa shape index (κ3) is 3.40. The van der Waals surface area contributed by atoms with Crippen molar-refractivity contribution in [3.8, 4) is 0 Å². The monoisotopic (exact) mass is 333 g/mol. The van der Waals surface area contributed by atoms with Gasteiger partial charge in [0.25, 0.3) is 5.91 Å². The summed E-state index contributed by atoms with van der Waals surface area (Å²) >= 11 is 17.7. The van der Waals surface area contributed by atoms with Gasteiger partial charge in [0.2, 0.25) is 0 Å². The highest BCUT2D eigenvalue weighted by Crippen LogP contribution is 2.32. The zero-order chi connectivity index (χ0) is 14.7. The number of rotatable bonds is 4. The van der Waals surface area contributed by atoms with Crippen LogP contribution in [0.4, 0.5) is 5.69 Å². The fourth-order valence-corrected chi connectivity index (χ4v) is 2.04. The van der Waals surface area contributed by atoms with E-state index in [4.69, 9.17) is 40.5 Å². The van der Waals surface area contributed by atoms with Crippen LogP contribution >= 0.6 is 34.8 Å². The first-order chi connectivity index (χ1) is 9.51. The molecule has 20 heavy (non-hydrogen) atoms. The van der Waals surface area contributed by atoms with Crippen molar-refractivity contribution in [3.63, 3.8) is 0 Å². The molecule has 0 atom stereocenters. The van der Waals surface area contributed by atoms with E-state index in [1.807, 2.05) is 0 Å². The van der Waals surface area contributed by atoms with Crippen LogP contribution < -0.4 is 11.1 Å². The molecule has 0 bridgehead atoms. The zero-order valence-corrected chi connectivity index (χ0v) is 12.4. The fourth-order valence-electron chi connectivity index (χ4n) is 1.45. The van der Waals surface area contributed by atoms with Gasteiger partial charge in [0, 0.05) is 6.54 Å². The molecule has 1 amide bonds. The fraction of sp³-hybridized carbons (Fsp3) is 0.182. The Labute approximate surface area is 129 Å². The normalized spacial score (nSPS) is 10.6. The van der Waals surface area contributed by atoms with Crippen LogP contribution in [0.1, 0.15) is 10.5 Å². The first-order valence-corrected chi connectivity index (χ1v) is 6.70. The minimum Gasteiger partial charge on any atom is -0.329 e.